The van der Waals surface area contributed by atoms with Gasteiger partial charge in [-0.3, -0.25) is 9.59 Å². The van der Waals surface area contributed by atoms with Gasteiger partial charge in [0.15, 0.2) is 11.0 Å². The van der Waals surface area contributed by atoms with E-state index in [9.17, 15) is 9.59 Å². The maximum absolute atomic E-state index is 12.4. The number of hydrogen-bond acceptors (Lipinski definition) is 7. The lowest BCUT2D eigenvalue weighted by Gasteiger charge is -2.10. The summed E-state index contributed by atoms with van der Waals surface area (Å²) < 4.78 is 7.14. The van der Waals surface area contributed by atoms with Gasteiger partial charge in [0.1, 0.15) is 5.76 Å². The van der Waals surface area contributed by atoms with Gasteiger partial charge in [-0.05, 0) is 25.1 Å². The fourth-order valence-electron chi connectivity index (χ4n) is 2.45. The second-order valence-corrected chi connectivity index (χ2v) is 7.80. The zero-order valence-corrected chi connectivity index (χ0v) is 17.0. The van der Waals surface area contributed by atoms with Crippen molar-refractivity contribution in [3.05, 3.63) is 42.4 Å². The molecule has 0 saturated carbocycles. The number of aromatic nitrogens is 3. The van der Waals surface area contributed by atoms with Crippen LogP contribution in [0.1, 0.15) is 5.76 Å². The van der Waals surface area contributed by atoms with Gasteiger partial charge in [0, 0.05) is 11.9 Å². The summed E-state index contributed by atoms with van der Waals surface area (Å²) in [5.74, 6) is 1.17. The molecule has 0 bridgehead atoms. The number of anilines is 1. The number of nitrogens with zero attached hydrogens (tertiary/aromatic N) is 3. The van der Waals surface area contributed by atoms with Gasteiger partial charge in [0.25, 0.3) is 0 Å². The van der Waals surface area contributed by atoms with Crippen LogP contribution in [0.2, 0.25) is 0 Å². The monoisotopic (exact) mass is 417 g/mol. The molecule has 0 unspecified atom stereocenters. The summed E-state index contributed by atoms with van der Waals surface area (Å²) in [5, 5.41) is 11.8. The van der Waals surface area contributed by atoms with E-state index in [-0.39, 0.29) is 17.4 Å². The predicted molar refractivity (Wildman–Crippen MR) is 109 cm³/mol. The van der Waals surface area contributed by atoms with E-state index in [0.29, 0.717) is 16.7 Å². The van der Waals surface area contributed by atoms with Gasteiger partial charge in [-0.25, -0.2) is 0 Å². The quantitative estimate of drug-likeness (QED) is 0.541. The Kier molecular flexibility index (Phi) is 6.42. The van der Waals surface area contributed by atoms with Gasteiger partial charge < -0.3 is 20.0 Å². The van der Waals surface area contributed by atoms with Crippen LogP contribution in [0.15, 0.2) is 51.1 Å². The van der Waals surface area contributed by atoms with Gasteiger partial charge in [-0.15, -0.1) is 22.0 Å². The number of nitrogens with two attached hydrogens (primary N) is 1. The molecular formula is C18H19N5O3S2. The van der Waals surface area contributed by atoms with E-state index in [1.165, 1.54) is 23.5 Å². The molecule has 0 saturated heterocycles. The van der Waals surface area contributed by atoms with Gasteiger partial charge >= 0.3 is 0 Å². The summed E-state index contributed by atoms with van der Waals surface area (Å²) >= 11 is 2.57. The number of thioether (sulfide) groups is 2. The minimum Gasteiger partial charge on any atom is -0.469 e. The van der Waals surface area contributed by atoms with Crippen LogP contribution in [-0.2, 0) is 16.6 Å². The molecule has 28 heavy (non-hydrogen) atoms. The number of aryl methyl sites for hydroxylation is 1. The molecule has 0 aliphatic rings. The van der Waals surface area contributed by atoms with Crippen molar-refractivity contribution in [3.63, 3.8) is 0 Å². The third-order valence-corrected chi connectivity index (χ3v) is 5.91. The van der Waals surface area contributed by atoms with E-state index >= 15 is 0 Å². The number of primary amides is 1. The first-order chi connectivity index (χ1) is 13.5. The lowest BCUT2D eigenvalue weighted by molar-refractivity contribution is -0.115. The smallest absolute Gasteiger partial charge is 0.234 e. The number of rotatable bonds is 8. The largest absolute Gasteiger partial charge is 0.469 e. The Morgan fingerprint density at radius 1 is 1.18 bits per heavy atom. The molecule has 2 aromatic heterocycles. The summed E-state index contributed by atoms with van der Waals surface area (Å²) in [4.78, 5) is 24.2. The highest BCUT2D eigenvalue weighted by molar-refractivity contribution is 8.00. The molecule has 2 heterocycles. The van der Waals surface area contributed by atoms with Crippen LogP contribution in [0.25, 0.3) is 11.4 Å². The lowest BCUT2D eigenvalue weighted by Crippen LogP contribution is -2.16. The first kappa shape index (κ1) is 20.0. The summed E-state index contributed by atoms with van der Waals surface area (Å²) in [7, 11) is 1.85. The molecule has 3 rings (SSSR count). The van der Waals surface area contributed by atoms with Crippen LogP contribution in [-0.4, -0.2) is 38.1 Å². The molecule has 3 aromatic rings. The highest BCUT2D eigenvalue weighted by Gasteiger charge is 2.16. The number of para-hydroxylation sites is 1. The zero-order valence-electron chi connectivity index (χ0n) is 15.3. The fraction of sp³-hybridized carbons (Fsp3) is 0.222. The number of amides is 2. The Labute approximate surface area is 170 Å². The van der Waals surface area contributed by atoms with Gasteiger partial charge in [0.2, 0.25) is 11.8 Å². The third-order valence-electron chi connectivity index (χ3n) is 3.80. The van der Waals surface area contributed by atoms with Crippen molar-refractivity contribution in [2.45, 2.75) is 17.0 Å². The normalized spacial score (nSPS) is 10.8. The van der Waals surface area contributed by atoms with E-state index in [4.69, 9.17) is 10.2 Å². The Bertz CT molecular complexity index is 999. The predicted octanol–water partition coefficient (Wildman–Crippen LogP) is 2.69. The van der Waals surface area contributed by atoms with Gasteiger partial charge in [-0.2, -0.15) is 0 Å². The number of hydrogen-bond donors (Lipinski definition) is 2. The molecular weight excluding hydrogens is 398 g/mol. The molecule has 3 N–H and O–H groups in total. The van der Waals surface area contributed by atoms with Crippen molar-refractivity contribution in [1.29, 1.82) is 0 Å². The van der Waals surface area contributed by atoms with Crippen LogP contribution in [0.5, 0.6) is 0 Å². The first-order valence-corrected chi connectivity index (χ1v) is 10.3. The van der Waals surface area contributed by atoms with Crippen LogP contribution in [0, 0.1) is 6.92 Å². The molecule has 0 aliphatic carbocycles. The first-order valence-electron chi connectivity index (χ1n) is 8.32. The van der Waals surface area contributed by atoms with Crippen LogP contribution < -0.4 is 11.1 Å². The Morgan fingerprint density at radius 2 is 1.96 bits per heavy atom. The van der Waals surface area contributed by atoms with Crippen LogP contribution >= 0.6 is 23.5 Å². The maximum atomic E-state index is 12.4. The summed E-state index contributed by atoms with van der Waals surface area (Å²) in [6.45, 7) is 1.86. The maximum Gasteiger partial charge on any atom is 0.234 e. The number of carbonyl (C=O) groups excluding carboxylic acids is 2. The zero-order chi connectivity index (χ0) is 20.1. The Balaban J connectivity index is 1.62. The van der Waals surface area contributed by atoms with Gasteiger partial charge in [0.05, 0.1) is 29.0 Å². The van der Waals surface area contributed by atoms with Crippen molar-refractivity contribution in [2.75, 3.05) is 16.8 Å². The van der Waals surface area contributed by atoms with Crippen molar-refractivity contribution < 1.29 is 14.0 Å². The van der Waals surface area contributed by atoms with Crippen LogP contribution in [0.3, 0.4) is 0 Å². The molecule has 0 atom stereocenters. The average Bonchev–Trinajstić information content (AvgIpc) is 3.24. The topological polar surface area (TPSA) is 116 Å². The van der Waals surface area contributed by atoms with E-state index in [0.717, 1.165) is 16.2 Å². The van der Waals surface area contributed by atoms with Crippen LogP contribution in [0.4, 0.5) is 5.69 Å². The van der Waals surface area contributed by atoms with Gasteiger partial charge in [-0.1, -0.05) is 23.9 Å². The molecule has 1 aromatic carbocycles. The van der Waals surface area contributed by atoms with Crippen molar-refractivity contribution in [1.82, 2.24) is 14.8 Å². The van der Waals surface area contributed by atoms with E-state index in [1.54, 1.807) is 12.3 Å². The standard InChI is InChI=1S/C18H19N5O3S2/c1-11-12(7-8-26-11)17-21-22-18(23(17)2)28-10-16(25)20-13-5-3-4-6-14(13)27-9-15(19)24/h3-8H,9-10H2,1-2H3,(H2,19,24)(H,20,25). The van der Waals surface area contributed by atoms with E-state index < -0.39 is 5.91 Å². The summed E-state index contributed by atoms with van der Waals surface area (Å²) in [5.41, 5.74) is 6.71. The number of carbonyl (C=O) groups is 2. The second-order valence-electron chi connectivity index (χ2n) is 5.84. The number of benzene rings is 1. The minimum absolute atomic E-state index is 0.150. The van der Waals surface area contributed by atoms with Crippen molar-refractivity contribution in [2.24, 2.45) is 12.8 Å². The molecule has 146 valence electrons. The average molecular weight is 418 g/mol. The summed E-state index contributed by atoms with van der Waals surface area (Å²) in [6.07, 6.45) is 1.60. The molecule has 2 amide bonds. The molecule has 0 aliphatic heterocycles. The third kappa shape index (κ3) is 4.76. The molecule has 8 nitrogen and oxygen atoms in total. The number of furan rings is 1. The SMILES string of the molecule is Cc1occc1-c1nnc(SCC(=O)Nc2ccccc2SCC(N)=O)n1C. The van der Waals surface area contributed by atoms with Crippen molar-refractivity contribution >= 4 is 41.0 Å². The fourth-order valence-corrected chi connectivity index (χ4v) is 3.91. The molecule has 0 fully saturated rings. The summed E-state index contributed by atoms with van der Waals surface area (Å²) in [6, 6.07) is 9.11. The molecule has 10 heteroatoms. The highest BCUT2D eigenvalue weighted by atomic mass is 32.2. The van der Waals surface area contributed by atoms with E-state index in [2.05, 4.69) is 15.5 Å². The Morgan fingerprint density at radius 3 is 2.68 bits per heavy atom. The highest BCUT2D eigenvalue weighted by Crippen LogP contribution is 2.28. The van der Waals surface area contributed by atoms with E-state index in [1.807, 2.05) is 42.8 Å². The lowest BCUT2D eigenvalue weighted by atomic mass is 10.2. The second kappa shape index (κ2) is 8.98. The Hall–Kier alpha value is -2.72. The minimum atomic E-state index is -0.410. The number of nitrogens with one attached hydrogen (secondary N) is 1. The molecule has 0 radical (unpaired) electrons. The molecule has 0 spiro atoms. The van der Waals surface area contributed by atoms with Crippen molar-refractivity contribution in [3.8, 4) is 11.4 Å².